The molecule has 18 heavy (non-hydrogen) atoms. The fourth-order valence-electron chi connectivity index (χ4n) is 2.77. The number of aromatic carboxylic acids is 1. The molecule has 1 aromatic carbocycles. The second kappa shape index (κ2) is 3.73. The van der Waals surface area contributed by atoms with Crippen LogP contribution in [0.5, 0.6) is 0 Å². The monoisotopic (exact) mass is 246 g/mol. The number of fused-ring (bicyclic) bond motifs is 1. The Balaban J connectivity index is 2.26. The Hall–Kier alpha value is -2.04. The van der Waals surface area contributed by atoms with E-state index >= 15 is 0 Å². The van der Waals surface area contributed by atoms with Crippen molar-refractivity contribution in [2.24, 2.45) is 5.92 Å². The van der Waals surface area contributed by atoms with E-state index in [1.807, 2.05) is 0 Å². The van der Waals surface area contributed by atoms with Crippen molar-refractivity contribution in [1.29, 1.82) is 0 Å². The Morgan fingerprint density at radius 3 is 2.78 bits per heavy atom. The van der Waals surface area contributed by atoms with Gasteiger partial charge in [0.25, 0.3) is 0 Å². The number of carbonyl (C=O) groups is 1. The second-order valence-electron chi connectivity index (χ2n) is 5.04. The van der Waals surface area contributed by atoms with Gasteiger partial charge in [0.1, 0.15) is 0 Å². The largest absolute Gasteiger partial charge is 0.478 e. The van der Waals surface area contributed by atoms with Crippen LogP contribution in [0.2, 0.25) is 0 Å². The highest BCUT2D eigenvalue weighted by atomic mass is 16.4. The maximum atomic E-state index is 12.0. The molecule has 1 heterocycles. The van der Waals surface area contributed by atoms with Gasteiger partial charge in [-0.3, -0.25) is 4.57 Å². The number of para-hydroxylation sites is 1. The lowest BCUT2D eigenvalue weighted by molar-refractivity contribution is 0.0698. The highest BCUT2D eigenvalue weighted by Crippen LogP contribution is 2.38. The number of nitrogens with zero attached hydrogens (tertiary/aromatic N) is 1. The number of benzene rings is 1. The van der Waals surface area contributed by atoms with E-state index < -0.39 is 5.97 Å². The van der Waals surface area contributed by atoms with Gasteiger partial charge < -0.3 is 10.1 Å². The number of aromatic nitrogens is 2. The molecule has 0 saturated heterocycles. The van der Waals surface area contributed by atoms with Crippen LogP contribution in [0.1, 0.15) is 36.2 Å². The molecular formula is C13H14N2O3. The number of aromatic amines is 1. The second-order valence-corrected chi connectivity index (χ2v) is 5.04. The zero-order chi connectivity index (χ0) is 12.9. The van der Waals surface area contributed by atoms with Crippen LogP contribution >= 0.6 is 0 Å². The van der Waals surface area contributed by atoms with Crippen LogP contribution in [0, 0.1) is 5.92 Å². The van der Waals surface area contributed by atoms with Crippen LogP contribution in [-0.4, -0.2) is 20.6 Å². The molecule has 5 nitrogen and oxygen atoms in total. The van der Waals surface area contributed by atoms with Crippen molar-refractivity contribution < 1.29 is 9.90 Å². The van der Waals surface area contributed by atoms with Crippen LogP contribution in [0.3, 0.4) is 0 Å². The minimum atomic E-state index is -0.999. The molecule has 0 bridgehead atoms. The third-order valence-corrected chi connectivity index (χ3v) is 3.68. The summed E-state index contributed by atoms with van der Waals surface area (Å²) in [4.78, 5) is 25.9. The maximum Gasteiger partial charge on any atom is 0.337 e. The van der Waals surface area contributed by atoms with Gasteiger partial charge in [-0.2, -0.15) is 0 Å². The summed E-state index contributed by atoms with van der Waals surface area (Å²) in [6, 6.07) is 5.05. The Kier molecular flexibility index (Phi) is 2.29. The van der Waals surface area contributed by atoms with Crippen molar-refractivity contribution in [2.75, 3.05) is 0 Å². The van der Waals surface area contributed by atoms with E-state index in [1.165, 1.54) is 6.07 Å². The van der Waals surface area contributed by atoms with E-state index in [4.69, 9.17) is 0 Å². The molecule has 94 valence electrons. The minimum Gasteiger partial charge on any atom is -0.478 e. The van der Waals surface area contributed by atoms with E-state index in [9.17, 15) is 14.7 Å². The SMILES string of the molecule is CC1CC(n2c(=O)[nH]c3cccc(C(=O)O)c32)C1. The fraction of sp³-hybridized carbons (Fsp3) is 0.385. The Bertz CT molecular complexity index is 677. The van der Waals surface area contributed by atoms with Crippen molar-refractivity contribution in [3.05, 3.63) is 34.2 Å². The molecule has 1 aliphatic carbocycles. The fourth-order valence-corrected chi connectivity index (χ4v) is 2.77. The highest BCUT2D eigenvalue weighted by molar-refractivity contribution is 6.01. The lowest BCUT2D eigenvalue weighted by Gasteiger charge is -2.33. The molecule has 1 saturated carbocycles. The van der Waals surface area contributed by atoms with Crippen molar-refractivity contribution in [1.82, 2.24) is 9.55 Å². The van der Waals surface area contributed by atoms with Gasteiger partial charge in [-0.25, -0.2) is 9.59 Å². The van der Waals surface area contributed by atoms with Gasteiger partial charge in [0.15, 0.2) is 0 Å². The van der Waals surface area contributed by atoms with E-state index in [0.717, 1.165) is 12.8 Å². The summed E-state index contributed by atoms with van der Waals surface area (Å²) < 4.78 is 1.61. The van der Waals surface area contributed by atoms with Crippen LogP contribution in [0.25, 0.3) is 11.0 Å². The molecule has 2 N–H and O–H groups in total. The number of carboxylic acid groups (broad SMARTS) is 1. The first-order valence-corrected chi connectivity index (χ1v) is 6.04. The first-order valence-electron chi connectivity index (χ1n) is 6.04. The minimum absolute atomic E-state index is 0.127. The lowest BCUT2D eigenvalue weighted by atomic mass is 9.81. The van der Waals surface area contributed by atoms with Crippen LogP contribution in [0.15, 0.2) is 23.0 Å². The third-order valence-electron chi connectivity index (χ3n) is 3.68. The molecule has 0 radical (unpaired) electrons. The summed E-state index contributed by atoms with van der Waals surface area (Å²) in [5.74, 6) is -0.399. The van der Waals surface area contributed by atoms with Crippen molar-refractivity contribution in [2.45, 2.75) is 25.8 Å². The smallest absolute Gasteiger partial charge is 0.337 e. The summed E-state index contributed by atoms with van der Waals surface area (Å²) >= 11 is 0. The van der Waals surface area contributed by atoms with Crippen LogP contribution in [-0.2, 0) is 0 Å². The first kappa shape index (κ1) is 11.1. The Labute approximate surface area is 103 Å². The number of nitrogens with one attached hydrogen (secondary N) is 1. The van der Waals surface area contributed by atoms with Crippen molar-refractivity contribution in [3.63, 3.8) is 0 Å². The molecule has 5 heteroatoms. The summed E-state index contributed by atoms with van der Waals surface area (Å²) in [6.07, 6.45) is 1.86. The molecule has 1 fully saturated rings. The molecule has 1 aromatic heterocycles. The van der Waals surface area contributed by atoms with Crippen LogP contribution in [0.4, 0.5) is 0 Å². The average molecular weight is 246 g/mol. The summed E-state index contributed by atoms with van der Waals surface area (Å²) in [7, 11) is 0. The number of hydrogen-bond acceptors (Lipinski definition) is 2. The predicted molar refractivity (Wildman–Crippen MR) is 67.0 cm³/mol. The van der Waals surface area contributed by atoms with Gasteiger partial charge in [-0.1, -0.05) is 13.0 Å². The van der Waals surface area contributed by atoms with Crippen molar-refractivity contribution >= 4 is 17.0 Å². The number of hydrogen-bond donors (Lipinski definition) is 2. The lowest BCUT2D eigenvalue weighted by Crippen LogP contribution is -2.31. The molecule has 0 atom stereocenters. The molecule has 1 aliphatic rings. The number of rotatable bonds is 2. The summed E-state index contributed by atoms with van der Waals surface area (Å²) in [5, 5.41) is 9.21. The van der Waals surface area contributed by atoms with Gasteiger partial charge in [-0.15, -0.1) is 0 Å². The van der Waals surface area contributed by atoms with Gasteiger partial charge in [0, 0.05) is 6.04 Å². The normalized spacial score (nSPS) is 22.9. The van der Waals surface area contributed by atoms with Gasteiger partial charge in [0.2, 0.25) is 0 Å². The first-order chi connectivity index (χ1) is 8.58. The number of carboxylic acids is 1. The zero-order valence-electron chi connectivity index (χ0n) is 10.0. The molecule has 0 spiro atoms. The Morgan fingerprint density at radius 2 is 2.17 bits per heavy atom. The molecule has 2 aromatic rings. The van der Waals surface area contributed by atoms with Crippen LogP contribution < -0.4 is 5.69 Å². The Morgan fingerprint density at radius 1 is 1.44 bits per heavy atom. The van der Waals surface area contributed by atoms with Crippen molar-refractivity contribution in [3.8, 4) is 0 Å². The van der Waals surface area contributed by atoms with Gasteiger partial charge >= 0.3 is 11.7 Å². The molecular weight excluding hydrogens is 232 g/mol. The quantitative estimate of drug-likeness (QED) is 0.851. The molecule has 0 amide bonds. The summed E-state index contributed by atoms with van der Waals surface area (Å²) in [5.41, 5.74) is 1.09. The van der Waals surface area contributed by atoms with E-state index in [0.29, 0.717) is 17.0 Å². The zero-order valence-corrected chi connectivity index (χ0v) is 10.0. The predicted octanol–water partition coefficient (Wildman–Crippen LogP) is 2.00. The molecule has 0 unspecified atom stereocenters. The summed E-state index contributed by atoms with van der Waals surface area (Å²) in [6.45, 7) is 2.13. The molecule has 0 aliphatic heterocycles. The number of H-pyrrole nitrogens is 1. The standard InChI is InChI=1S/C13H14N2O3/c1-7-5-8(6-7)15-11-9(12(16)17)3-2-4-10(11)14-13(15)18/h2-4,7-8H,5-6H2,1H3,(H,14,18)(H,16,17). The highest BCUT2D eigenvalue weighted by Gasteiger charge is 2.30. The maximum absolute atomic E-state index is 12.0. The van der Waals surface area contributed by atoms with Gasteiger partial charge in [-0.05, 0) is 30.9 Å². The molecule has 3 rings (SSSR count). The van der Waals surface area contributed by atoms with E-state index in [-0.39, 0.29) is 17.3 Å². The topological polar surface area (TPSA) is 75.1 Å². The van der Waals surface area contributed by atoms with Gasteiger partial charge in [0.05, 0.1) is 16.6 Å². The number of imidazole rings is 1. The third kappa shape index (κ3) is 1.47. The average Bonchev–Trinajstić information content (AvgIpc) is 2.60. The van der Waals surface area contributed by atoms with E-state index in [2.05, 4.69) is 11.9 Å². The van der Waals surface area contributed by atoms with E-state index in [1.54, 1.807) is 16.7 Å².